The van der Waals surface area contributed by atoms with Gasteiger partial charge in [0, 0.05) is 18.2 Å². The normalized spacial score (nSPS) is 11.0. The summed E-state index contributed by atoms with van der Waals surface area (Å²) >= 11 is 0. The van der Waals surface area contributed by atoms with Crippen molar-refractivity contribution in [2.75, 3.05) is 6.61 Å². The molecule has 0 bridgehead atoms. The molecule has 0 aromatic heterocycles. The van der Waals surface area contributed by atoms with Gasteiger partial charge in [-0.25, -0.2) is 4.79 Å². The fourth-order valence-electron chi connectivity index (χ4n) is 2.15. The van der Waals surface area contributed by atoms with Crippen LogP contribution in [-0.4, -0.2) is 37.9 Å². The van der Waals surface area contributed by atoms with Gasteiger partial charge >= 0.3 is 16.1 Å². The number of nitro benzene ring substituents is 1. The highest BCUT2D eigenvalue weighted by molar-refractivity contribution is 7.87. The van der Waals surface area contributed by atoms with E-state index in [0.717, 1.165) is 18.2 Å². The minimum atomic E-state index is -4.31. The molecule has 0 radical (unpaired) electrons. The quantitative estimate of drug-likeness (QED) is 0.295. The van der Waals surface area contributed by atoms with E-state index in [9.17, 15) is 28.1 Å². The molecule has 0 unspecified atom stereocenters. The Morgan fingerprint density at radius 3 is 2.38 bits per heavy atom. The van der Waals surface area contributed by atoms with Crippen LogP contribution in [0.15, 0.2) is 53.4 Å². The first-order valence-electron chi connectivity index (χ1n) is 8.34. The zero-order valence-electron chi connectivity index (χ0n) is 15.5. The molecule has 0 aliphatic carbocycles. The number of ether oxygens (including phenoxy) is 1. The van der Waals surface area contributed by atoms with Crippen LogP contribution in [0, 0.1) is 10.1 Å². The van der Waals surface area contributed by atoms with E-state index in [1.54, 1.807) is 13.8 Å². The molecule has 0 heterocycles. The summed E-state index contributed by atoms with van der Waals surface area (Å²) in [5, 5.41) is 13.4. The van der Waals surface area contributed by atoms with Crippen molar-refractivity contribution in [1.82, 2.24) is 5.32 Å². The smallest absolute Gasteiger partial charge is 0.339 e. The van der Waals surface area contributed by atoms with Gasteiger partial charge < -0.3 is 14.2 Å². The molecule has 1 N–H and O–H groups in total. The molecule has 2 aromatic rings. The SMILES string of the molecule is CC(C)NC(=O)COC(=O)c1ccc(OS(=O)(=O)c2cccc([N+](=O)[O-])c2)cc1. The Hall–Kier alpha value is -3.47. The number of carbonyl (C=O) groups is 2. The molecule has 2 aromatic carbocycles. The van der Waals surface area contributed by atoms with Crippen LogP contribution in [0.2, 0.25) is 0 Å². The topological polar surface area (TPSA) is 142 Å². The van der Waals surface area contributed by atoms with Gasteiger partial charge in [0.2, 0.25) is 0 Å². The van der Waals surface area contributed by atoms with Crippen LogP contribution in [0.25, 0.3) is 0 Å². The van der Waals surface area contributed by atoms with Crippen molar-refractivity contribution in [2.45, 2.75) is 24.8 Å². The highest BCUT2D eigenvalue weighted by atomic mass is 32.2. The van der Waals surface area contributed by atoms with E-state index in [0.29, 0.717) is 0 Å². The third kappa shape index (κ3) is 6.28. The highest BCUT2D eigenvalue weighted by Crippen LogP contribution is 2.22. The van der Waals surface area contributed by atoms with Crippen LogP contribution in [0.4, 0.5) is 5.69 Å². The number of amides is 1. The number of benzene rings is 2. The molecule has 1 amide bonds. The first kappa shape index (κ1) is 21.8. The summed E-state index contributed by atoms with van der Waals surface area (Å²) in [7, 11) is -4.31. The first-order chi connectivity index (χ1) is 13.6. The number of esters is 1. The predicted molar refractivity (Wildman–Crippen MR) is 101 cm³/mol. The lowest BCUT2D eigenvalue weighted by Crippen LogP contribution is -2.33. The second-order valence-electron chi connectivity index (χ2n) is 6.11. The number of nitrogens with one attached hydrogen (secondary N) is 1. The lowest BCUT2D eigenvalue weighted by atomic mass is 10.2. The fourth-order valence-corrected chi connectivity index (χ4v) is 3.12. The van der Waals surface area contributed by atoms with Crippen LogP contribution < -0.4 is 9.50 Å². The van der Waals surface area contributed by atoms with E-state index in [-0.39, 0.29) is 22.3 Å². The van der Waals surface area contributed by atoms with Crippen LogP contribution in [-0.2, 0) is 19.6 Å². The Morgan fingerprint density at radius 2 is 1.79 bits per heavy atom. The van der Waals surface area contributed by atoms with Crippen LogP contribution >= 0.6 is 0 Å². The lowest BCUT2D eigenvalue weighted by molar-refractivity contribution is -0.385. The summed E-state index contributed by atoms with van der Waals surface area (Å²) in [4.78, 5) is 33.1. The number of non-ortho nitro benzene ring substituents is 1. The van der Waals surface area contributed by atoms with Gasteiger partial charge in [0.15, 0.2) is 6.61 Å². The van der Waals surface area contributed by atoms with Gasteiger partial charge in [-0.1, -0.05) is 6.07 Å². The van der Waals surface area contributed by atoms with Crippen molar-refractivity contribution >= 4 is 27.7 Å². The predicted octanol–water partition coefficient (Wildman–Crippen LogP) is 2.04. The van der Waals surface area contributed by atoms with Gasteiger partial charge in [-0.15, -0.1) is 0 Å². The molecule has 11 heteroatoms. The third-order valence-corrected chi connectivity index (χ3v) is 4.64. The van der Waals surface area contributed by atoms with Gasteiger partial charge in [-0.3, -0.25) is 14.9 Å². The molecule has 0 atom stereocenters. The van der Waals surface area contributed by atoms with Crippen molar-refractivity contribution in [3.63, 3.8) is 0 Å². The van der Waals surface area contributed by atoms with Crippen molar-refractivity contribution in [3.05, 3.63) is 64.2 Å². The largest absolute Gasteiger partial charge is 0.452 e. The molecule has 0 saturated heterocycles. The Morgan fingerprint density at radius 1 is 1.14 bits per heavy atom. The number of nitro groups is 1. The molecule has 0 aliphatic rings. The molecule has 0 saturated carbocycles. The number of rotatable bonds is 8. The van der Waals surface area contributed by atoms with Crippen molar-refractivity contribution in [1.29, 1.82) is 0 Å². The number of hydrogen-bond donors (Lipinski definition) is 1. The maximum atomic E-state index is 12.3. The van der Waals surface area contributed by atoms with E-state index in [2.05, 4.69) is 5.32 Å². The molecular weight excluding hydrogens is 404 g/mol. The van der Waals surface area contributed by atoms with Gasteiger partial charge in [0.25, 0.3) is 11.6 Å². The van der Waals surface area contributed by atoms with Crippen molar-refractivity contribution < 1.29 is 31.9 Å². The van der Waals surface area contributed by atoms with Crippen LogP contribution in [0.3, 0.4) is 0 Å². The average molecular weight is 422 g/mol. The zero-order valence-corrected chi connectivity index (χ0v) is 16.3. The fraction of sp³-hybridized carbons (Fsp3) is 0.222. The summed E-state index contributed by atoms with van der Waals surface area (Å²) in [5.41, 5.74) is -0.309. The molecule has 0 fully saturated rings. The molecule has 0 aliphatic heterocycles. The first-order valence-corrected chi connectivity index (χ1v) is 9.75. The summed E-state index contributed by atoms with van der Waals surface area (Å²) in [6.07, 6.45) is 0. The Labute approximate surface area is 166 Å². The molecule has 0 spiro atoms. The maximum Gasteiger partial charge on any atom is 0.339 e. The summed E-state index contributed by atoms with van der Waals surface area (Å²) in [6, 6.07) is 9.30. The highest BCUT2D eigenvalue weighted by Gasteiger charge is 2.20. The Balaban J connectivity index is 2.04. The van der Waals surface area contributed by atoms with Crippen LogP contribution in [0.5, 0.6) is 5.75 Å². The zero-order chi connectivity index (χ0) is 21.6. The minimum absolute atomic E-state index is 0.0856. The Kier molecular flexibility index (Phi) is 6.89. The number of carbonyl (C=O) groups excluding carboxylic acids is 2. The summed E-state index contributed by atoms with van der Waals surface area (Å²) in [6.45, 7) is 3.08. The monoisotopic (exact) mass is 422 g/mol. The molecule has 10 nitrogen and oxygen atoms in total. The van der Waals surface area contributed by atoms with E-state index in [4.69, 9.17) is 8.92 Å². The molecule has 29 heavy (non-hydrogen) atoms. The van der Waals surface area contributed by atoms with Gasteiger partial charge in [-0.05, 0) is 44.2 Å². The Bertz CT molecular complexity index is 1020. The average Bonchev–Trinajstić information content (AvgIpc) is 2.66. The second kappa shape index (κ2) is 9.15. The van der Waals surface area contributed by atoms with E-state index in [1.165, 1.54) is 30.3 Å². The number of hydrogen-bond acceptors (Lipinski definition) is 8. The summed E-state index contributed by atoms with van der Waals surface area (Å²) in [5.74, 6) is -1.32. The van der Waals surface area contributed by atoms with Crippen molar-refractivity contribution in [2.24, 2.45) is 0 Å². The minimum Gasteiger partial charge on any atom is -0.452 e. The molecule has 2 rings (SSSR count). The van der Waals surface area contributed by atoms with Crippen LogP contribution in [0.1, 0.15) is 24.2 Å². The second-order valence-corrected chi connectivity index (χ2v) is 7.66. The summed E-state index contributed by atoms with van der Waals surface area (Å²) < 4.78 is 34.4. The van der Waals surface area contributed by atoms with Gasteiger partial charge in [-0.2, -0.15) is 8.42 Å². The van der Waals surface area contributed by atoms with E-state index < -0.39 is 39.2 Å². The van der Waals surface area contributed by atoms with Crippen molar-refractivity contribution in [3.8, 4) is 5.75 Å². The standard InChI is InChI=1S/C18H18N2O8S/c1-12(2)19-17(21)11-27-18(22)13-6-8-15(9-7-13)28-29(25,26)16-5-3-4-14(10-16)20(23)24/h3-10,12H,11H2,1-2H3,(H,19,21). The maximum absolute atomic E-state index is 12.3. The van der Waals surface area contributed by atoms with E-state index in [1.807, 2.05) is 0 Å². The molecular formula is C18H18N2O8S. The number of nitrogens with zero attached hydrogens (tertiary/aromatic N) is 1. The van der Waals surface area contributed by atoms with Gasteiger partial charge in [0.05, 0.1) is 10.5 Å². The lowest BCUT2D eigenvalue weighted by Gasteiger charge is -2.09. The molecule has 154 valence electrons. The van der Waals surface area contributed by atoms with E-state index >= 15 is 0 Å². The third-order valence-electron chi connectivity index (χ3n) is 3.40. The van der Waals surface area contributed by atoms with Gasteiger partial charge in [0.1, 0.15) is 10.6 Å².